The second-order valence-electron chi connectivity index (χ2n) is 7.81. The average molecular weight is 559 g/mol. The number of aryl methyl sites for hydroxylation is 2. The second kappa shape index (κ2) is 15.1. The van der Waals surface area contributed by atoms with Crippen LogP contribution in [0.25, 0.3) is 0 Å². The van der Waals surface area contributed by atoms with Crippen molar-refractivity contribution in [1.82, 2.24) is 25.3 Å². The molecule has 1 unspecified atom stereocenters. The molecule has 1 atom stereocenters. The highest BCUT2D eigenvalue weighted by molar-refractivity contribution is 14.0. The summed E-state index contributed by atoms with van der Waals surface area (Å²) < 4.78 is 12.9. The number of aromatic nitrogens is 2. The minimum Gasteiger partial charge on any atom is -0.493 e. The zero-order chi connectivity index (χ0) is 22.6. The van der Waals surface area contributed by atoms with E-state index in [1.807, 2.05) is 17.9 Å². The van der Waals surface area contributed by atoms with Gasteiger partial charge in [0, 0.05) is 57.6 Å². The molecule has 0 aliphatic rings. The molecule has 0 spiro atoms. The summed E-state index contributed by atoms with van der Waals surface area (Å²) in [5.41, 5.74) is 3.41. The Labute approximate surface area is 209 Å². The second-order valence-corrected chi connectivity index (χ2v) is 7.81. The predicted molar refractivity (Wildman–Crippen MR) is 141 cm³/mol. The summed E-state index contributed by atoms with van der Waals surface area (Å²) in [7, 11) is 7.79. The Bertz CT molecular complexity index is 825. The lowest BCUT2D eigenvalue weighted by molar-refractivity contribution is 0.172. The molecule has 1 aromatic heterocycles. The van der Waals surface area contributed by atoms with E-state index in [1.54, 1.807) is 7.11 Å². The van der Waals surface area contributed by atoms with Crippen LogP contribution >= 0.6 is 24.0 Å². The van der Waals surface area contributed by atoms with E-state index in [1.165, 1.54) is 11.1 Å². The smallest absolute Gasteiger partial charge is 0.191 e. The molecular formula is C23H39IN6O2. The summed E-state index contributed by atoms with van der Waals surface area (Å²) >= 11 is 0. The summed E-state index contributed by atoms with van der Waals surface area (Å²) in [6.07, 6.45) is 4.82. The first-order chi connectivity index (χ1) is 14.9. The molecule has 2 aromatic rings. The van der Waals surface area contributed by atoms with E-state index >= 15 is 0 Å². The van der Waals surface area contributed by atoms with Crippen LogP contribution in [0, 0.1) is 6.92 Å². The summed E-state index contributed by atoms with van der Waals surface area (Å²) in [4.78, 5) is 6.98. The summed E-state index contributed by atoms with van der Waals surface area (Å²) in [6.45, 7) is 7.51. The molecule has 9 heteroatoms. The molecule has 2 rings (SSSR count). The first kappa shape index (κ1) is 28.2. The van der Waals surface area contributed by atoms with Crippen LogP contribution in [0.3, 0.4) is 0 Å². The Balaban J connectivity index is 0.00000512. The van der Waals surface area contributed by atoms with Crippen molar-refractivity contribution in [3.63, 3.8) is 0 Å². The minimum atomic E-state index is 0. The van der Waals surface area contributed by atoms with Crippen molar-refractivity contribution < 1.29 is 9.47 Å². The normalized spacial score (nSPS) is 12.4. The SMILES string of the molecule is CCNC(=NCc1ccc(C)cc1OCCCOC)NCC(c1cnn(C)c1)N(C)C.I. The van der Waals surface area contributed by atoms with Gasteiger partial charge in [0.25, 0.3) is 0 Å². The third-order valence-electron chi connectivity index (χ3n) is 4.92. The van der Waals surface area contributed by atoms with Crippen molar-refractivity contribution in [2.24, 2.45) is 12.0 Å². The summed E-state index contributed by atoms with van der Waals surface area (Å²) in [6, 6.07) is 6.45. The Morgan fingerprint density at radius 1 is 1.25 bits per heavy atom. The number of nitrogens with zero attached hydrogens (tertiary/aromatic N) is 4. The van der Waals surface area contributed by atoms with Gasteiger partial charge in [-0.25, -0.2) is 4.99 Å². The largest absolute Gasteiger partial charge is 0.493 e. The number of guanidine groups is 1. The average Bonchev–Trinajstić information content (AvgIpc) is 3.16. The number of hydrogen-bond donors (Lipinski definition) is 2. The van der Waals surface area contributed by atoms with Gasteiger partial charge in [-0.2, -0.15) is 5.10 Å². The standard InChI is InChI=1S/C23H38N6O2.HI/c1-7-24-23(26-16-21(28(3)4)20-15-27-29(5)17-20)25-14-19-10-9-18(2)13-22(19)31-12-8-11-30-6;/h9-10,13,15,17,21H,7-8,11-12,14,16H2,1-6H3,(H2,24,25,26);1H. The first-order valence-corrected chi connectivity index (χ1v) is 10.8. The van der Waals surface area contributed by atoms with Crippen LogP contribution in [0.1, 0.15) is 36.1 Å². The van der Waals surface area contributed by atoms with E-state index in [-0.39, 0.29) is 30.0 Å². The fourth-order valence-corrected chi connectivity index (χ4v) is 3.22. The molecular weight excluding hydrogens is 519 g/mol. The van der Waals surface area contributed by atoms with E-state index in [9.17, 15) is 0 Å². The summed E-state index contributed by atoms with van der Waals surface area (Å²) in [5, 5.41) is 11.1. The van der Waals surface area contributed by atoms with Crippen LogP contribution in [0.15, 0.2) is 35.6 Å². The Hall–Kier alpha value is -1.85. The van der Waals surface area contributed by atoms with Gasteiger partial charge in [-0.05, 0) is 39.6 Å². The van der Waals surface area contributed by atoms with Crippen molar-refractivity contribution in [1.29, 1.82) is 0 Å². The maximum atomic E-state index is 6.00. The van der Waals surface area contributed by atoms with E-state index in [0.29, 0.717) is 19.8 Å². The first-order valence-electron chi connectivity index (χ1n) is 10.8. The molecule has 180 valence electrons. The van der Waals surface area contributed by atoms with Crippen LogP contribution in [-0.4, -0.2) is 68.1 Å². The fourth-order valence-electron chi connectivity index (χ4n) is 3.22. The number of halogens is 1. The molecule has 0 bridgehead atoms. The number of ether oxygens (including phenoxy) is 2. The van der Waals surface area contributed by atoms with Gasteiger partial charge in [-0.15, -0.1) is 24.0 Å². The van der Waals surface area contributed by atoms with Gasteiger partial charge in [0.2, 0.25) is 0 Å². The van der Waals surface area contributed by atoms with Gasteiger partial charge in [0.15, 0.2) is 5.96 Å². The van der Waals surface area contributed by atoms with Crippen LogP contribution < -0.4 is 15.4 Å². The molecule has 1 aromatic carbocycles. The number of rotatable bonds is 12. The maximum absolute atomic E-state index is 6.00. The lowest BCUT2D eigenvalue weighted by atomic mass is 10.1. The maximum Gasteiger partial charge on any atom is 0.191 e. The topological polar surface area (TPSA) is 75.9 Å². The van der Waals surface area contributed by atoms with Crippen LogP contribution in [0.4, 0.5) is 0 Å². The zero-order valence-corrected chi connectivity index (χ0v) is 22.6. The van der Waals surface area contributed by atoms with Crippen molar-refractivity contribution in [3.05, 3.63) is 47.3 Å². The molecule has 0 saturated heterocycles. The molecule has 32 heavy (non-hydrogen) atoms. The van der Waals surface area contributed by atoms with Crippen molar-refractivity contribution in [2.75, 3.05) is 47.5 Å². The highest BCUT2D eigenvalue weighted by Gasteiger charge is 2.16. The van der Waals surface area contributed by atoms with Gasteiger partial charge < -0.3 is 25.0 Å². The van der Waals surface area contributed by atoms with Crippen LogP contribution in [0.2, 0.25) is 0 Å². The van der Waals surface area contributed by atoms with Gasteiger partial charge in [-0.3, -0.25) is 4.68 Å². The highest BCUT2D eigenvalue weighted by Crippen LogP contribution is 2.22. The van der Waals surface area contributed by atoms with Gasteiger partial charge >= 0.3 is 0 Å². The van der Waals surface area contributed by atoms with Gasteiger partial charge in [0.05, 0.1) is 25.4 Å². The van der Waals surface area contributed by atoms with E-state index < -0.39 is 0 Å². The molecule has 0 fully saturated rings. The zero-order valence-electron chi connectivity index (χ0n) is 20.2. The number of nitrogens with one attached hydrogen (secondary N) is 2. The van der Waals surface area contributed by atoms with Crippen LogP contribution in [0.5, 0.6) is 5.75 Å². The predicted octanol–water partition coefficient (Wildman–Crippen LogP) is 3.12. The number of benzene rings is 1. The summed E-state index contributed by atoms with van der Waals surface area (Å²) in [5.74, 6) is 1.67. The van der Waals surface area contributed by atoms with E-state index in [0.717, 1.165) is 36.8 Å². The molecule has 8 nitrogen and oxygen atoms in total. The lowest BCUT2D eigenvalue weighted by Gasteiger charge is -2.24. The third kappa shape index (κ3) is 9.33. The van der Waals surface area contributed by atoms with Crippen molar-refractivity contribution in [3.8, 4) is 5.75 Å². The number of aliphatic imine (C=N–C) groups is 1. The quantitative estimate of drug-likeness (QED) is 0.181. The lowest BCUT2D eigenvalue weighted by Crippen LogP contribution is -2.41. The number of hydrogen-bond acceptors (Lipinski definition) is 5. The monoisotopic (exact) mass is 558 g/mol. The third-order valence-corrected chi connectivity index (χ3v) is 4.92. The molecule has 0 amide bonds. The molecule has 0 saturated carbocycles. The van der Waals surface area contributed by atoms with Crippen molar-refractivity contribution in [2.45, 2.75) is 32.9 Å². The minimum absolute atomic E-state index is 0. The molecule has 0 aliphatic carbocycles. The fraction of sp³-hybridized carbons (Fsp3) is 0.565. The van der Waals surface area contributed by atoms with Crippen LogP contribution in [-0.2, 0) is 18.3 Å². The molecule has 1 heterocycles. The van der Waals surface area contributed by atoms with Gasteiger partial charge in [-0.1, -0.05) is 12.1 Å². The van der Waals surface area contributed by atoms with E-state index in [4.69, 9.17) is 14.5 Å². The Morgan fingerprint density at radius 3 is 2.66 bits per heavy atom. The van der Waals surface area contributed by atoms with Crippen molar-refractivity contribution >= 4 is 29.9 Å². The molecule has 0 aliphatic heterocycles. The highest BCUT2D eigenvalue weighted by atomic mass is 127. The van der Waals surface area contributed by atoms with E-state index in [2.05, 4.69) is 73.0 Å². The Morgan fingerprint density at radius 2 is 2.03 bits per heavy atom. The molecule has 0 radical (unpaired) electrons. The number of methoxy groups -OCH3 is 1. The Kier molecular flexibility index (Phi) is 13.3. The number of likely N-dealkylation sites (N-methyl/N-ethyl adjacent to an activating group) is 1. The van der Waals surface area contributed by atoms with Gasteiger partial charge in [0.1, 0.15) is 5.75 Å². The molecule has 2 N–H and O–H groups in total.